The zero-order chi connectivity index (χ0) is 27.7. The number of aromatic nitrogens is 4. The van der Waals surface area contributed by atoms with Crippen LogP contribution >= 0.6 is 0 Å². The maximum atomic E-state index is 13.9. The van der Waals surface area contributed by atoms with E-state index < -0.39 is 12.0 Å². The van der Waals surface area contributed by atoms with Crippen LogP contribution in [0.3, 0.4) is 0 Å². The van der Waals surface area contributed by atoms with Gasteiger partial charge in [-0.15, -0.1) is 0 Å². The Labute approximate surface area is 225 Å². The van der Waals surface area contributed by atoms with E-state index in [1.165, 1.54) is 0 Å². The molecule has 39 heavy (non-hydrogen) atoms. The Bertz CT molecular complexity index is 1680. The minimum atomic E-state index is -0.571. The number of hydrogen-bond acceptors (Lipinski definition) is 8. The molecule has 0 saturated carbocycles. The van der Waals surface area contributed by atoms with Gasteiger partial charge in [-0.1, -0.05) is 49.4 Å². The lowest BCUT2D eigenvalue weighted by Gasteiger charge is -2.23. The second kappa shape index (κ2) is 10.5. The van der Waals surface area contributed by atoms with Gasteiger partial charge in [0.2, 0.25) is 17.8 Å². The first-order chi connectivity index (χ1) is 18.8. The molecule has 4 aromatic rings. The fraction of sp³-hybridized carbons (Fsp3) is 0.241. The predicted molar refractivity (Wildman–Crippen MR) is 150 cm³/mol. The number of anilines is 2. The van der Waals surface area contributed by atoms with Crippen LogP contribution in [0.25, 0.3) is 22.7 Å². The van der Waals surface area contributed by atoms with Crippen molar-refractivity contribution in [2.45, 2.75) is 39.7 Å². The largest absolute Gasteiger partial charge is 0.368 e. The number of fused-ring (bicyclic) bond motifs is 1. The van der Waals surface area contributed by atoms with E-state index in [4.69, 9.17) is 10.7 Å². The first kappa shape index (κ1) is 25.8. The van der Waals surface area contributed by atoms with Crippen molar-refractivity contribution in [2.75, 3.05) is 11.1 Å². The molecule has 1 fully saturated rings. The van der Waals surface area contributed by atoms with Gasteiger partial charge >= 0.3 is 0 Å². The highest BCUT2D eigenvalue weighted by Crippen LogP contribution is 2.28. The third-order valence-corrected chi connectivity index (χ3v) is 6.83. The van der Waals surface area contributed by atoms with Crippen LogP contribution in [0, 0.1) is 19.8 Å². The molecule has 10 heteroatoms. The molecule has 3 heterocycles. The molecule has 1 aliphatic heterocycles. The van der Waals surface area contributed by atoms with Gasteiger partial charge < -0.3 is 11.1 Å². The van der Waals surface area contributed by atoms with Crippen LogP contribution in [0.15, 0.2) is 59.4 Å². The molecule has 0 spiro atoms. The normalized spacial score (nSPS) is 16.1. The number of nitrogens with zero attached hydrogens (tertiary/aromatic N) is 4. The predicted octanol–water partition coefficient (Wildman–Crippen LogP) is 3.61. The van der Waals surface area contributed by atoms with Crippen LogP contribution in [-0.2, 0) is 9.59 Å². The molecule has 10 nitrogen and oxygen atoms in total. The van der Waals surface area contributed by atoms with Gasteiger partial charge in [-0.2, -0.15) is 4.98 Å². The average molecular weight is 524 g/mol. The summed E-state index contributed by atoms with van der Waals surface area (Å²) in [5, 5.41) is 6.31. The fourth-order valence-corrected chi connectivity index (χ4v) is 4.84. The maximum Gasteiger partial charge on any atom is 0.266 e. The summed E-state index contributed by atoms with van der Waals surface area (Å²) in [5.74, 6) is -0.172. The van der Waals surface area contributed by atoms with Crippen LogP contribution in [0.2, 0.25) is 0 Å². The van der Waals surface area contributed by atoms with Crippen LogP contribution in [-0.4, -0.2) is 31.3 Å². The topological polar surface area (TPSA) is 145 Å². The van der Waals surface area contributed by atoms with Crippen molar-refractivity contribution in [3.05, 3.63) is 87.6 Å². The van der Waals surface area contributed by atoms with E-state index in [1.807, 2.05) is 62.4 Å². The van der Waals surface area contributed by atoms with Crippen molar-refractivity contribution in [2.24, 2.45) is 5.92 Å². The summed E-state index contributed by atoms with van der Waals surface area (Å²) < 4.78 is 1.64. The van der Waals surface area contributed by atoms with Crippen LogP contribution in [0.4, 0.5) is 11.8 Å². The number of imide groups is 1. The number of amides is 2. The monoisotopic (exact) mass is 523 g/mol. The van der Waals surface area contributed by atoms with E-state index >= 15 is 0 Å². The lowest BCUT2D eigenvalue weighted by molar-refractivity contribution is -0.125. The van der Waals surface area contributed by atoms with Crippen LogP contribution in [0.1, 0.15) is 48.5 Å². The molecule has 2 unspecified atom stereocenters. The quantitative estimate of drug-likeness (QED) is 0.312. The SMILES string of the molecule is CCC(Nc1nc(N)nc(C)c1/C=C/C1CC(=O)NC1=O)c1nc2cccc(C)c2c(=O)n1-c1ccccc1. The molecule has 2 aromatic carbocycles. The van der Waals surface area contributed by atoms with Gasteiger partial charge in [0.1, 0.15) is 11.6 Å². The number of nitrogens with one attached hydrogen (secondary N) is 2. The Morgan fingerprint density at radius 3 is 2.54 bits per heavy atom. The van der Waals surface area contributed by atoms with Gasteiger partial charge in [0, 0.05) is 12.0 Å². The molecule has 4 N–H and O–H groups in total. The molecule has 2 amide bonds. The highest BCUT2D eigenvalue weighted by Gasteiger charge is 2.28. The standard InChI is InChI=1S/C29H29N7O3/c1-4-21(32-25-20(17(3)31-29(30)35-25)14-13-18-15-23(37)34-27(18)38)26-33-22-12-8-9-16(2)24(22)28(39)36(26)19-10-6-5-7-11-19/h5-14,18,21H,4,15H2,1-3H3,(H,34,37,38)(H3,30,31,32,35)/b14-13+. The number of benzene rings is 2. The summed E-state index contributed by atoms with van der Waals surface area (Å²) in [4.78, 5) is 51.3. The second-order valence-corrected chi connectivity index (χ2v) is 9.53. The van der Waals surface area contributed by atoms with E-state index in [1.54, 1.807) is 23.6 Å². The number of aryl methyl sites for hydroxylation is 2. The number of carbonyl (C=O) groups excluding carboxylic acids is 2. The number of hydrogen-bond donors (Lipinski definition) is 3. The van der Waals surface area contributed by atoms with Gasteiger partial charge in [-0.3, -0.25) is 24.3 Å². The highest BCUT2D eigenvalue weighted by atomic mass is 16.2. The molecular weight excluding hydrogens is 494 g/mol. The molecule has 2 aromatic heterocycles. The van der Waals surface area contributed by atoms with Gasteiger partial charge in [-0.05, 0) is 44.0 Å². The number of nitrogen functional groups attached to an aromatic ring is 1. The summed E-state index contributed by atoms with van der Waals surface area (Å²) in [6, 6.07) is 14.6. The molecular formula is C29H29N7O3. The van der Waals surface area contributed by atoms with Gasteiger partial charge in [0.05, 0.1) is 34.2 Å². The van der Waals surface area contributed by atoms with E-state index in [2.05, 4.69) is 20.6 Å². The Balaban J connectivity index is 1.63. The Morgan fingerprint density at radius 1 is 1.08 bits per heavy atom. The van der Waals surface area contributed by atoms with E-state index in [0.29, 0.717) is 45.9 Å². The molecule has 2 atom stereocenters. The summed E-state index contributed by atoms with van der Waals surface area (Å²) in [6.07, 6.45) is 4.07. The Morgan fingerprint density at radius 2 is 1.85 bits per heavy atom. The second-order valence-electron chi connectivity index (χ2n) is 9.53. The number of para-hydroxylation sites is 1. The smallest absolute Gasteiger partial charge is 0.266 e. The van der Waals surface area contributed by atoms with Gasteiger partial charge in [0.15, 0.2) is 0 Å². The van der Waals surface area contributed by atoms with E-state index in [-0.39, 0.29) is 29.7 Å². The van der Waals surface area contributed by atoms with Crippen molar-refractivity contribution in [1.82, 2.24) is 24.8 Å². The minimum absolute atomic E-state index is 0.0818. The van der Waals surface area contributed by atoms with Gasteiger partial charge in [0.25, 0.3) is 5.56 Å². The van der Waals surface area contributed by atoms with Crippen molar-refractivity contribution in [3.8, 4) is 5.69 Å². The van der Waals surface area contributed by atoms with Crippen LogP contribution in [0.5, 0.6) is 0 Å². The third kappa shape index (κ3) is 5.00. The average Bonchev–Trinajstić information content (AvgIpc) is 3.23. The lowest BCUT2D eigenvalue weighted by Crippen LogP contribution is -2.29. The van der Waals surface area contributed by atoms with Crippen LogP contribution < -0.4 is 21.9 Å². The molecule has 1 saturated heterocycles. The zero-order valence-electron chi connectivity index (χ0n) is 21.9. The Hall–Kier alpha value is -4.86. The van der Waals surface area contributed by atoms with Crippen molar-refractivity contribution < 1.29 is 9.59 Å². The third-order valence-electron chi connectivity index (χ3n) is 6.83. The highest BCUT2D eigenvalue weighted by molar-refractivity contribution is 6.04. The summed E-state index contributed by atoms with van der Waals surface area (Å²) in [5.41, 5.74) is 9.24. The first-order valence-corrected chi connectivity index (χ1v) is 12.8. The fourth-order valence-electron chi connectivity index (χ4n) is 4.84. The molecule has 5 rings (SSSR count). The molecule has 198 valence electrons. The number of nitrogens with two attached hydrogens (primary N) is 1. The molecule has 0 radical (unpaired) electrons. The van der Waals surface area contributed by atoms with Crippen molar-refractivity contribution in [1.29, 1.82) is 0 Å². The van der Waals surface area contributed by atoms with Gasteiger partial charge in [-0.25, -0.2) is 9.97 Å². The molecule has 1 aliphatic rings. The van der Waals surface area contributed by atoms with E-state index in [9.17, 15) is 14.4 Å². The summed E-state index contributed by atoms with van der Waals surface area (Å²) in [6.45, 7) is 5.68. The molecule has 0 aliphatic carbocycles. The number of carbonyl (C=O) groups is 2. The summed E-state index contributed by atoms with van der Waals surface area (Å²) in [7, 11) is 0. The zero-order valence-corrected chi connectivity index (χ0v) is 21.9. The van der Waals surface area contributed by atoms with Crippen molar-refractivity contribution in [3.63, 3.8) is 0 Å². The lowest BCUT2D eigenvalue weighted by atomic mass is 10.0. The maximum absolute atomic E-state index is 13.9. The number of rotatable bonds is 7. The Kier molecular flexibility index (Phi) is 6.93. The summed E-state index contributed by atoms with van der Waals surface area (Å²) >= 11 is 0. The minimum Gasteiger partial charge on any atom is -0.368 e. The van der Waals surface area contributed by atoms with Crippen molar-refractivity contribution >= 4 is 40.6 Å². The van der Waals surface area contributed by atoms with E-state index in [0.717, 1.165) is 5.56 Å². The first-order valence-electron chi connectivity index (χ1n) is 12.8. The molecule has 0 bridgehead atoms.